The number of carbonyl (C=O) groups is 1. The van der Waals surface area contributed by atoms with E-state index >= 15 is 0 Å². The van der Waals surface area contributed by atoms with Gasteiger partial charge in [0.15, 0.2) is 0 Å². The summed E-state index contributed by atoms with van der Waals surface area (Å²) in [5, 5.41) is 8.65. The molecule has 0 spiro atoms. The van der Waals surface area contributed by atoms with Crippen LogP contribution in [0, 0.1) is 11.8 Å². The molecule has 0 radical (unpaired) electrons. The molecule has 2 aliphatic rings. The molecule has 4 atom stereocenters. The molecule has 2 aliphatic heterocycles. The van der Waals surface area contributed by atoms with Gasteiger partial charge in [-0.05, 0) is 55.9 Å². The molecule has 0 aromatic heterocycles. The van der Waals surface area contributed by atoms with Crippen molar-refractivity contribution in [3.63, 3.8) is 0 Å². The third-order valence-electron chi connectivity index (χ3n) is 5.57. The summed E-state index contributed by atoms with van der Waals surface area (Å²) in [6.07, 6.45) is 11.7. The highest BCUT2D eigenvalue weighted by atomic mass is 32.2. The number of fused-ring (bicyclic) bond motifs is 2. The summed E-state index contributed by atoms with van der Waals surface area (Å²) in [5.41, 5.74) is 0. The van der Waals surface area contributed by atoms with Gasteiger partial charge < -0.3 is 14.6 Å². The Morgan fingerprint density at radius 3 is 2.64 bits per heavy atom. The van der Waals surface area contributed by atoms with Crippen molar-refractivity contribution in [2.75, 3.05) is 24.7 Å². The van der Waals surface area contributed by atoms with Crippen molar-refractivity contribution in [3.8, 4) is 0 Å². The topological polar surface area (TPSA) is 55.8 Å². The van der Waals surface area contributed by atoms with Crippen molar-refractivity contribution in [1.29, 1.82) is 0 Å². The number of hydrogen-bond acceptors (Lipinski definition) is 4. The third kappa shape index (κ3) is 7.48. The Morgan fingerprint density at radius 1 is 1.08 bits per heavy atom. The molecule has 0 amide bonds. The van der Waals surface area contributed by atoms with Gasteiger partial charge in [0.05, 0.1) is 18.8 Å². The molecule has 2 saturated heterocycles. The molecule has 5 heteroatoms. The highest BCUT2D eigenvalue weighted by molar-refractivity contribution is 7.99. The maximum atomic E-state index is 10.5. The van der Waals surface area contributed by atoms with Gasteiger partial charge in [0, 0.05) is 18.9 Å². The fourth-order valence-electron chi connectivity index (χ4n) is 4.15. The Morgan fingerprint density at radius 2 is 1.88 bits per heavy atom. The fraction of sp³-hybridized carbons (Fsp3) is 0.950. The van der Waals surface area contributed by atoms with E-state index in [1.165, 1.54) is 44.9 Å². The molecule has 2 fully saturated rings. The minimum absolute atomic E-state index is 0.304. The molecule has 146 valence electrons. The Bertz CT molecular complexity index is 377. The molecule has 2 bridgehead atoms. The van der Waals surface area contributed by atoms with E-state index < -0.39 is 5.97 Å². The molecular formula is C20H36O4S. The number of thioether (sulfide) groups is 1. The number of hydrogen-bond donors (Lipinski definition) is 1. The van der Waals surface area contributed by atoms with Crippen molar-refractivity contribution in [3.05, 3.63) is 0 Å². The molecule has 2 heterocycles. The first kappa shape index (κ1) is 21.0. The first-order valence-corrected chi connectivity index (χ1v) is 11.4. The van der Waals surface area contributed by atoms with E-state index in [9.17, 15) is 4.79 Å². The summed E-state index contributed by atoms with van der Waals surface area (Å²) in [4.78, 5) is 10.5. The second kappa shape index (κ2) is 12.2. The van der Waals surface area contributed by atoms with Gasteiger partial charge in [0.25, 0.3) is 0 Å². The molecular weight excluding hydrogens is 336 g/mol. The Balaban J connectivity index is 1.57. The van der Waals surface area contributed by atoms with E-state index in [-0.39, 0.29) is 0 Å². The van der Waals surface area contributed by atoms with E-state index in [2.05, 4.69) is 6.92 Å². The van der Waals surface area contributed by atoms with Crippen LogP contribution in [0.1, 0.15) is 71.1 Å². The van der Waals surface area contributed by atoms with Crippen molar-refractivity contribution in [2.45, 2.75) is 83.3 Å². The summed E-state index contributed by atoms with van der Waals surface area (Å²) in [5.74, 6) is 2.82. The molecule has 1 N–H and O–H groups in total. The van der Waals surface area contributed by atoms with Crippen LogP contribution in [-0.2, 0) is 14.3 Å². The molecule has 25 heavy (non-hydrogen) atoms. The maximum absolute atomic E-state index is 10.5. The van der Waals surface area contributed by atoms with Crippen LogP contribution in [0.3, 0.4) is 0 Å². The zero-order valence-corrected chi connectivity index (χ0v) is 16.6. The average Bonchev–Trinajstić information content (AvgIpc) is 3.19. The van der Waals surface area contributed by atoms with Crippen LogP contribution in [0.15, 0.2) is 0 Å². The molecule has 2 rings (SSSR count). The van der Waals surface area contributed by atoms with Crippen molar-refractivity contribution in [1.82, 2.24) is 0 Å². The Kier molecular flexibility index (Phi) is 10.3. The summed E-state index contributed by atoms with van der Waals surface area (Å²) in [7, 11) is 0. The standard InChI is InChI=1S/C20H36O4S/c1-2-3-4-6-12-23-15-17-16(18-9-10-19(17)24-18)11-14-25-13-7-5-8-20(21)22/h16-19H,2-15H2,1H3,(H,21,22)/t16-,17+,18-,19+/m1/s1. The summed E-state index contributed by atoms with van der Waals surface area (Å²) >= 11 is 1.97. The van der Waals surface area contributed by atoms with Gasteiger partial charge in [-0.3, -0.25) is 4.79 Å². The molecule has 0 aromatic carbocycles. The van der Waals surface area contributed by atoms with Gasteiger partial charge in [0.1, 0.15) is 0 Å². The van der Waals surface area contributed by atoms with Gasteiger partial charge in [-0.2, -0.15) is 11.8 Å². The Labute approximate surface area is 157 Å². The number of unbranched alkanes of at least 4 members (excludes halogenated alkanes) is 4. The van der Waals surface area contributed by atoms with E-state index in [4.69, 9.17) is 14.6 Å². The van der Waals surface area contributed by atoms with Gasteiger partial charge in [-0.25, -0.2) is 0 Å². The van der Waals surface area contributed by atoms with E-state index in [0.717, 1.165) is 37.6 Å². The molecule has 0 aliphatic carbocycles. The minimum Gasteiger partial charge on any atom is -0.481 e. The first-order valence-electron chi connectivity index (χ1n) is 10.2. The van der Waals surface area contributed by atoms with Crippen molar-refractivity contribution in [2.24, 2.45) is 11.8 Å². The third-order valence-corrected chi connectivity index (χ3v) is 6.67. The van der Waals surface area contributed by atoms with Crippen molar-refractivity contribution >= 4 is 17.7 Å². The molecule has 0 aromatic rings. The Hall–Kier alpha value is -0.260. The highest BCUT2D eigenvalue weighted by Crippen LogP contribution is 2.45. The predicted octanol–water partition coefficient (Wildman–Crippen LogP) is 4.76. The van der Waals surface area contributed by atoms with Gasteiger partial charge in [-0.1, -0.05) is 26.2 Å². The number of ether oxygens (including phenoxy) is 2. The lowest BCUT2D eigenvalue weighted by molar-refractivity contribution is -0.137. The van der Waals surface area contributed by atoms with Crippen LogP contribution in [0.5, 0.6) is 0 Å². The largest absolute Gasteiger partial charge is 0.481 e. The van der Waals surface area contributed by atoms with Gasteiger partial charge in [-0.15, -0.1) is 0 Å². The second-order valence-electron chi connectivity index (χ2n) is 7.51. The van der Waals surface area contributed by atoms with E-state index in [0.29, 0.717) is 30.5 Å². The molecule has 4 nitrogen and oxygen atoms in total. The lowest BCUT2D eigenvalue weighted by atomic mass is 9.78. The van der Waals surface area contributed by atoms with E-state index in [1.54, 1.807) is 0 Å². The highest BCUT2D eigenvalue weighted by Gasteiger charge is 2.48. The van der Waals surface area contributed by atoms with Crippen LogP contribution in [-0.4, -0.2) is 48.0 Å². The number of carboxylic acid groups (broad SMARTS) is 1. The van der Waals surface area contributed by atoms with E-state index in [1.807, 2.05) is 11.8 Å². The van der Waals surface area contributed by atoms with Crippen LogP contribution in [0.25, 0.3) is 0 Å². The smallest absolute Gasteiger partial charge is 0.303 e. The lowest BCUT2D eigenvalue weighted by Gasteiger charge is -2.27. The number of aliphatic carboxylic acids is 1. The van der Waals surface area contributed by atoms with Crippen molar-refractivity contribution < 1.29 is 19.4 Å². The molecule has 0 saturated carbocycles. The lowest BCUT2D eigenvalue weighted by Crippen LogP contribution is -2.31. The molecule has 0 unspecified atom stereocenters. The monoisotopic (exact) mass is 372 g/mol. The quantitative estimate of drug-likeness (QED) is 0.420. The first-order chi connectivity index (χ1) is 12.2. The summed E-state index contributed by atoms with van der Waals surface area (Å²) in [6.45, 7) is 4.02. The summed E-state index contributed by atoms with van der Waals surface area (Å²) < 4.78 is 12.1. The van der Waals surface area contributed by atoms with Crippen LogP contribution in [0.4, 0.5) is 0 Å². The van der Waals surface area contributed by atoms with Gasteiger partial charge in [0.2, 0.25) is 0 Å². The fourth-order valence-corrected chi connectivity index (χ4v) is 5.20. The second-order valence-corrected chi connectivity index (χ2v) is 8.73. The zero-order valence-electron chi connectivity index (χ0n) is 15.8. The zero-order chi connectivity index (χ0) is 17.9. The summed E-state index contributed by atoms with van der Waals surface area (Å²) in [6, 6.07) is 0. The maximum Gasteiger partial charge on any atom is 0.303 e. The predicted molar refractivity (Wildman–Crippen MR) is 103 cm³/mol. The normalized spacial score (nSPS) is 27.9. The van der Waals surface area contributed by atoms with Crippen LogP contribution >= 0.6 is 11.8 Å². The van der Waals surface area contributed by atoms with Crippen LogP contribution < -0.4 is 0 Å². The average molecular weight is 373 g/mol. The van der Waals surface area contributed by atoms with Gasteiger partial charge >= 0.3 is 5.97 Å². The number of carboxylic acids is 1. The SMILES string of the molecule is CCCCCCOC[C@H]1[C@@H](CCSCCCCC(=O)O)[C@H]2CC[C@@H]1O2. The minimum atomic E-state index is -0.679. The van der Waals surface area contributed by atoms with Crippen LogP contribution in [0.2, 0.25) is 0 Å². The number of rotatable bonds is 15.